The molecular weight excluding hydrogens is 192 g/mol. The van der Waals surface area contributed by atoms with Gasteiger partial charge in [-0.25, -0.2) is 0 Å². The Labute approximate surface area is 89.6 Å². The zero-order valence-corrected chi connectivity index (χ0v) is 8.99. The number of anilines is 1. The van der Waals surface area contributed by atoms with Crippen LogP contribution in [0.5, 0.6) is 0 Å². The molecule has 0 radical (unpaired) electrons. The summed E-state index contributed by atoms with van der Waals surface area (Å²) in [5.74, 6) is 0.0319. The topological polar surface area (TPSA) is 50.4 Å². The van der Waals surface area contributed by atoms with E-state index in [0.717, 1.165) is 5.69 Å². The van der Waals surface area contributed by atoms with Crippen molar-refractivity contribution in [3.63, 3.8) is 0 Å². The van der Waals surface area contributed by atoms with Gasteiger partial charge in [-0.05, 0) is 18.1 Å². The lowest BCUT2D eigenvalue weighted by molar-refractivity contribution is -0.150. The maximum absolute atomic E-state index is 11.1. The summed E-state index contributed by atoms with van der Waals surface area (Å²) in [6.07, 6.45) is 0.406. The number of hydrogen-bond donors (Lipinski definition) is 2. The molecule has 0 aliphatic heterocycles. The molecular formula is C11H16N2O2. The molecule has 0 aliphatic rings. The highest BCUT2D eigenvalue weighted by Gasteiger charge is 2.05. The van der Waals surface area contributed by atoms with Gasteiger partial charge in [-0.3, -0.25) is 10.2 Å². The molecule has 0 spiro atoms. The van der Waals surface area contributed by atoms with E-state index in [2.05, 4.69) is 11.0 Å². The summed E-state index contributed by atoms with van der Waals surface area (Å²) in [5, 5.41) is 0. The Hall–Kier alpha value is -1.55. The van der Waals surface area contributed by atoms with Crippen LogP contribution in [0.3, 0.4) is 0 Å². The first-order valence-corrected chi connectivity index (χ1v) is 4.94. The second-order valence-corrected chi connectivity index (χ2v) is 3.67. The van der Waals surface area contributed by atoms with Crippen molar-refractivity contribution in [3.8, 4) is 0 Å². The van der Waals surface area contributed by atoms with Gasteiger partial charge in [0.1, 0.15) is 0 Å². The Bertz CT molecular complexity index is 299. The minimum atomic E-state index is -0.270. The van der Waals surface area contributed by atoms with Crippen LogP contribution in [-0.2, 0) is 9.63 Å². The Kier molecular flexibility index (Phi) is 4.63. The molecule has 0 amide bonds. The normalized spacial score (nSPS) is 10.1. The average Bonchev–Trinajstić information content (AvgIpc) is 2.18. The van der Waals surface area contributed by atoms with E-state index < -0.39 is 0 Å². The summed E-state index contributed by atoms with van der Waals surface area (Å²) >= 11 is 0. The number of carbonyl (C=O) groups excluding carboxylic acids is 1. The number of nitrogens with one attached hydrogen (secondary N) is 2. The first kappa shape index (κ1) is 11.5. The van der Waals surface area contributed by atoms with E-state index in [1.54, 1.807) is 0 Å². The van der Waals surface area contributed by atoms with Gasteiger partial charge in [0, 0.05) is 6.42 Å². The summed E-state index contributed by atoms with van der Waals surface area (Å²) in [6.45, 7) is 3.93. The van der Waals surface area contributed by atoms with Gasteiger partial charge in [0.05, 0.1) is 5.69 Å². The molecule has 0 heterocycles. The standard InChI is InChI=1S/C11H16N2O2/c1-9(2)8-11(14)15-13-12-10-6-4-3-5-7-10/h3-7,9,12-13H,8H2,1-2H3. The molecule has 0 saturated heterocycles. The first-order chi connectivity index (χ1) is 7.18. The van der Waals surface area contributed by atoms with Gasteiger partial charge in [-0.1, -0.05) is 37.6 Å². The van der Waals surface area contributed by atoms with Crippen molar-refractivity contribution in [1.82, 2.24) is 5.59 Å². The van der Waals surface area contributed by atoms with Crippen molar-refractivity contribution in [2.45, 2.75) is 20.3 Å². The van der Waals surface area contributed by atoms with Crippen molar-refractivity contribution in [1.29, 1.82) is 0 Å². The quantitative estimate of drug-likeness (QED) is 0.728. The second-order valence-electron chi connectivity index (χ2n) is 3.67. The monoisotopic (exact) mass is 208 g/mol. The maximum atomic E-state index is 11.1. The zero-order valence-electron chi connectivity index (χ0n) is 8.99. The van der Waals surface area contributed by atoms with Gasteiger partial charge < -0.3 is 4.84 Å². The molecule has 1 aromatic carbocycles. The Balaban J connectivity index is 2.19. The van der Waals surface area contributed by atoms with Crippen LogP contribution in [-0.4, -0.2) is 5.97 Å². The van der Waals surface area contributed by atoms with Crippen molar-refractivity contribution in [2.75, 3.05) is 5.43 Å². The summed E-state index contributed by atoms with van der Waals surface area (Å²) < 4.78 is 0. The van der Waals surface area contributed by atoms with Gasteiger partial charge in [0.2, 0.25) is 0 Å². The predicted molar refractivity (Wildman–Crippen MR) is 58.7 cm³/mol. The Morgan fingerprint density at radius 3 is 2.60 bits per heavy atom. The van der Waals surface area contributed by atoms with Gasteiger partial charge in [0.25, 0.3) is 0 Å². The molecule has 15 heavy (non-hydrogen) atoms. The van der Waals surface area contributed by atoms with Crippen LogP contribution in [0.15, 0.2) is 30.3 Å². The molecule has 0 atom stereocenters. The molecule has 1 rings (SSSR count). The van der Waals surface area contributed by atoms with E-state index >= 15 is 0 Å². The highest BCUT2D eigenvalue weighted by Crippen LogP contribution is 2.03. The van der Waals surface area contributed by atoms with E-state index in [4.69, 9.17) is 4.84 Å². The lowest BCUT2D eigenvalue weighted by Crippen LogP contribution is -2.26. The lowest BCUT2D eigenvalue weighted by atomic mass is 10.1. The number of rotatable bonds is 5. The molecule has 4 nitrogen and oxygen atoms in total. The molecule has 0 saturated carbocycles. The van der Waals surface area contributed by atoms with Crippen LogP contribution >= 0.6 is 0 Å². The summed E-state index contributed by atoms with van der Waals surface area (Å²) in [4.78, 5) is 15.9. The molecule has 0 unspecified atom stereocenters. The molecule has 0 bridgehead atoms. The molecule has 2 N–H and O–H groups in total. The fraction of sp³-hybridized carbons (Fsp3) is 0.364. The van der Waals surface area contributed by atoms with Crippen LogP contribution in [0.4, 0.5) is 5.69 Å². The third kappa shape index (κ3) is 5.02. The zero-order chi connectivity index (χ0) is 11.1. The van der Waals surface area contributed by atoms with E-state index in [0.29, 0.717) is 12.3 Å². The third-order valence-corrected chi connectivity index (χ3v) is 1.71. The van der Waals surface area contributed by atoms with Crippen LogP contribution in [0.2, 0.25) is 0 Å². The van der Waals surface area contributed by atoms with E-state index in [-0.39, 0.29) is 5.97 Å². The molecule has 0 fully saturated rings. The molecule has 4 heteroatoms. The molecule has 1 aromatic rings. The van der Waals surface area contributed by atoms with Crippen LogP contribution in [0.25, 0.3) is 0 Å². The summed E-state index contributed by atoms with van der Waals surface area (Å²) in [7, 11) is 0. The first-order valence-electron chi connectivity index (χ1n) is 4.94. The van der Waals surface area contributed by atoms with Crippen LogP contribution < -0.4 is 11.0 Å². The van der Waals surface area contributed by atoms with Crippen molar-refractivity contribution in [3.05, 3.63) is 30.3 Å². The van der Waals surface area contributed by atoms with E-state index in [9.17, 15) is 4.79 Å². The molecule has 82 valence electrons. The number of hydrogen-bond acceptors (Lipinski definition) is 4. The van der Waals surface area contributed by atoms with E-state index in [1.165, 1.54) is 0 Å². The van der Waals surface area contributed by atoms with Gasteiger partial charge in [0.15, 0.2) is 0 Å². The lowest BCUT2D eigenvalue weighted by Gasteiger charge is -2.08. The Morgan fingerprint density at radius 2 is 2.00 bits per heavy atom. The summed E-state index contributed by atoms with van der Waals surface area (Å²) in [6, 6.07) is 9.42. The van der Waals surface area contributed by atoms with Crippen molar-refractivity contribution >= 4 is 11.7 Å². The maximum Gasteiger partial charge on any atom is 0.327 e. The highest BCUT2D eigenvalue weighted by atomic mass is 16.7. The largest absolute Gasteiger partial charge is 0.351 e. The number of carbonyl (C=O) groups is 1. The summed E-state index contributed by atoms with van der Waals surface area (Å²) in [5.41, 5.74) is 6.01. The Morgan fingerprint density at radius 1 is 1.33 bits per heavy atom. The molecule has 0 aromatic heterocycles. The highest BCUT2D eigenvalue weighted by molar-refractivity contribution is 5.69. The molecule has 0 aliphatic carbocycles. The number of hydrazine groups is 1. The fourth-order valence-electron chi connectivity index (χ4n) is 1.04. The minimum absolute atomic E-state index is 0.270. The third-order valence-electron chi connectivity index (χ3n) is 1.71. The number of para-hydroxylation sites is 1. The van der Waals surface area contributed by atoms with E-state index in [1.807, 2.05) is 44.2 Å². The SMILES string of the molecule is CC(C)CC(=O)ONNc1ccccc1. The van der Waals surface area contributed by atoms with Crippen molar-refractivity contribution < 1.29 is 9.63 Å². The van der Waals surface area contributed by atoms with Gasteiger partial charge >= 0.3 is 5.97 Å². The van der Waals surface area contributed by atoms with Gasteiger partial charge in [-0.2, -0.15) is 0 Å². The second kappa shape index (κ2) is 6.03. The van der Waals surface area contributed by atoms with Gasteiger partial charge in [-0.15, -0.1) is 0 Å². The average molecular weight is 208 g/mol. The van der Waals surface area contributed by atoms with Crippen molar-refractivity contribution in [2.24, 2.45) is 5.92 Å². The van der Waals surface area contributed by atoms with Crippen LogP contribution in [0.1, 0.15) is 20.3 Å². The minimum Gasteiger partial charge on any atom is -0.351 e. The fourth-order valence-corrected chi connectivity index (χ4v) is 1.04. The predicted octanol–water partition coefficient (Wildman–Crippen LogP) is 2.11. The smallest absolute Gasteiger partial charge is 0.327 e. The van der Waals surface area contributed by atoms with Crippen LogP contribution in [0, 0.1) is 5.92 Å². The number of benzene rings is 1.